The molecule has 0 bridgehead atoms. The van der Waals surface area contributed by atoms with E-state index in [1.54, 1.807) is 23.6 Å². The van der Waals surface area contributed by atoms with Crippen LogP contribution < -0.4 is 0 Å². The van der Waals surface area contributed by atoms with Gasteiger partial charge in [-0.3, -0.25) is 9.97 Å². The van der Waals surface area contributed by atoms with Crippen LogP contribution in [0.4, 0.5) is 0 Å². The molecular formula is C14H13N3O2S3. The van der Waals surface area contributed by atoms with E-state index in [2.05, 4.69) is 15.0 Å². The van der Waals surface area contributed by atoms with Gasteiger partial charge in [-0.25, -0.2) is 13.4 Å². The van der Waals surface area contributed by atoms with Crippen molar-refractivity contribution in [2.45, 2.75) is 17.9 Å². The molecule has 1 atom stereocenters. The van der Waals surface area contributed by atoms with Gasteiger partial charge in [0.2, 0.25) is 0 Å². The quantitative estimate of drug-likeness (QED) is 0.705. The van der Waals surface area contributed by atoms with Crippen LogP contribution in [0.15, 0.2) is 41.5 Å². The zero-order chi connectivity index (χ0) is 15.6. The van der Waals surface area contributed by atoms with Gasteiger partial charge in [-0.05, 0) is 18.4 Å². The second-order valence-electron chi connectivity index (χ2n) is 4.70. The first kappa shape index (κ1) is 15.3. The molecule has 0 amide bonds. The molecule has 0 aromatic carbocycles. The van der Waals surface area contributed by atoms with Crippen LogP contribution in [-0.2, 0) is 15.6 Å². The maximum atomic E-state index is 12.5. The van der Waals surface area contributed by atoms with Crippen molar-refractivity contribution in [1.82, 2.24) is 15.0 Å². The predicted octanol–water partition coefficient (Wildman–Crippen LogP) is 3.34. The van der Waals surface area contributed by atoms with E-state index >= 15 is 0 Å². The smallest absolute Gasteiger partial charge is 0.164 e. The number of thiophene rings is 1. The van der Waals surface area contributed by atoms with E-state index in [9.17, 15) is 8.42 Å². The fraction of sp³-hybridized carbons (Fsp3) is 0.214. The summed E-state index contributed by atoms with van der Waals surface area (Å²) in [6.07, 6.45) is 4.51. The van der Waals surface area contributed by atoms with E-state index in [1.807, 2.05) is 17.5 Å². The molecule has 0 spiro atoms. The fourth-order valence-electron chi connectivity index (χ4n) is 1.92. The molecule has 0 saturated heterocycles. The SMILES string of the molecule is CC(c1cnccn1)S(=O)(=O)Cc1csc(-c2cccs2)n1. The first-order valence-electron chi connectivity index (χ1n) is 6.52. The standard InChI is InChI=1S/C14H13N3O2S3/c1-10(12-7-15-4-5-16-12)22(18,19)9-11-8-21-14(17-11)13-3-2-6-20-13/h2-8,10H,9H2,1H3. The van der Waals surface area contributed by atoms with Crippen LogP contribution >= 0.6 is 22.7 Å². The first-order chi connectivity index (χ1) is 10.6. The second kappa shape index (κ2) is 6.23. The highest BCUT2D eigenvalue weighted by molar-refractivity contribution is 7.90. The molecule has 0 fully saturated rings. The Bertz CT molecular complexity index is 843. The third-order valence-electron chi connectivity index (χ3n) is 3.17. The maximum Gasteiger partial charge on any atom is 0.164 e. The highest BCUT2D eigenvalue weighted by Gasteiger charge is 2.25. The van der Waals surface area contributed by atoms with Gasteiger partial charge < -0.3 is 0 Å². The lowest BCUT2D eigenvalue weighted by Gasteiger charge is -2.10. The van der Waals surface area contributed by atoms with Crippen LogP contribution in [0, 0.1) is 0 Å². The summed E-state index contributed by atoms with van der Waals surface area (Å²) in [4.78, 5) is 13.5. The molecule has 8 heteroatoms. The van der Waals surface area contributed by atoms with Crippen molar-refractivity contribution in [3.05, 3.63) is 52.9 Å². The lowest BCUT2D eigenvalue weighted by molar-refractivity contribution is 0.583. The number of hydrogen-bond acceptors (Lipinski definition) is 7. The van der Waals surface area contributed by atoms with Gasteiger partial charge in [0.25, 0.3) is 0 Å². The molecule has 1 unspecified atom stereocenters. The van der Waals surface area contributed by atoms with Crippen LogP contribution in [0.3, 0.4) is 0 Å². The van der Waals surface area contributed by atoms with Gasteiger partial charge in [0.05, 0.1) is 22.0 Å². The topological polar surface area (TPSA) is 72.8 Å². The van der Waals surface area contributed by atoms with Crippen molar-refractivity contribution >= 4 is 32.5 Å². The number of aromatic nitrogens is 3. The third kappa shape index (κ3) is 3.23. The van der Waals surface area contributed by atoms with E-state index in [4.69, 9.17) is 0 Å². The van der Waals surface area contributed by atoms with Crippen LogP contribution in [0.25, 0.3) is 9.88 Å². The monoisotopic (exact) mass is 351 g/mol. The number of rotatable bonds is 5. The lowest BCUT2D eigenvalue weighted by atomic mass is 10.3. The van der Waals surface area contributed by atoms with E-state index in [0.29, 0.717) is 11.4 Å². The van der Waals surface area contributed by atoms with Crippen molar-refractivity contribution in [1.29, 1.82) is 0 Å². The van der Waals surface area contributed by atoms with Crippen LogP contribution in [-0.4, -0.2) is 23.4 Å². The minimum atomic E-state index is -3.38. The molecule has 22 heavy (non-hydrogen) atoms. The van der Waals surface area contributed by atoms with Crippen LogP contribution in [0.1, 0.15) is 23.6 Å². The minimum Gasteiger partial charge on any atom is -0.261 e. The summed E-state index contributed by atoms with van der Waals surface area (Å²) in [5.74, 6) is -0.0907. The Morgan fingerprint density at radius 1 is 1.27 bits per heavy atom. The number of hydrogen-bond donors (Lipinski definition) is 0. The number of nitrogens with zero attached hydrogens (tertiary/aromatic N) is 3. The molecule has 0 aliphatic rings. The zero-order valence-electron chi connectivity index (χ0n) is 11.7. The molecule has 0 saturated carbocycles. The summed E-state index contributed by atoms with van der Waals surface area (Å²) in [5.41, 5.74) is 1.03. The second-order valence-corrected chi connectivity index (χ2v) is 8.83. The molecule has 0 aliphatic heterocycles. The highest BCUT2D eigenvalue weighted by atomic mass is 32.2. The number of thiazole rings is 1. The van der Waals surface area contributed by atoms with E-state index in [1.165, 1.54) is 29.9 Å². The van der Waals surface area contributed by atoms with Crippen LogP contribution in [0.5, 0.6) is 0 Å². The van der Waals surface area contributed by atoms with Gasteiger partial charge in [0, 0.05) is 24.0 Å². The van der Waals surface area contributed by atoms with Gasteiger partial charge in [0.15, 0.2) is 9.84 Å². The summed E-state index contributed by atoms with van der Waals surface area (Å²) in [7, 11) is -3.38. The molecule has 114 valence electrons. The minimum absolute atomic E-state index is 0.0907. The molecule has 3 heterocycles. The molecular weight excluding hydrogens is 338 g/mol. The third-order valence-corrected chi connectivity index (χ3v) is 7.12. The summed E-state index contributed by atoms with van der Waals surface area (Å²) < 4.78 is 25.0. The van der Waals surface area contributed by atoms with Gasteiger partial charge in [-0.1, -0.05) is 6.07 Å². The van der Waals surface area contributed by atoms with Gasteiger partial charge in [-0.2, -0.15) is 0 Å². The molecule has 0 N–H and O–H groups in total. The largest absolute Gasteiger partial charge is 0.261 e. The summed E-state index contributed by atoms with van der Waals surface area (Å²) in [6.45, 7) is 1.63. The van der Waals surface area contributed by atoms with Crippen LogP contribution in [0.2, 0.25) is 0 Å². The summed E-state index contributed by atoms with van der Waals surface area (Å²) in [5, 5.41) is 3.93. The summed E-state index contributed by atoms with van der Waals surface area (Å²) in [6, 6.07) is 3.93. The molecule has 3 rings (SSSR count). The van der Waals surface area contributed by atoms with Gasteiger partial charge >= 0.3 is 0 Å². The highest BCUT2D eigenvalue weighted by Crippen LogP contribution is 2.30. The van der Waals surface area contributed by atoms with Crippen molar-refractivity contribution in [3.8, 4) is 9.88 Å². The normalized spacial score (nSPS) is 13.1. The molecule has 3 aromatic heterocycles. The van der Waals surface area contributed by atoms with E-state index in [0.717, 1.165) is 9.88 Å². The van der Waals surface area contributed by atoms with E-state index < -0.39 is 15.1 Å². The Morgan fingerprint density at radius 2 is 2.14 bits per heavy atom. The Kier molecular flexibility index (Phi) is 4.32. The molecule has 3 aromatic rings. The molecule has 5 nitrogen and oxygen atoms in total. The Hall–Kier alpha value is -1.64. The van der Waals surface area contributed by atoms with Crippen molar-refractivity contribution < 1.29 is 8.42 Å². The maximum absolute atomic E-state index is 12.5. The number of sulfone groups is 1. The van der Waals surface area contributed by atoms with Gasteiger partial charge in [0.1, 0.15) is 10.3 Å². The molecule has 0 aliphatic carbocycles. The molecule has 0 radical (unpaired) electrons. The zero-order valence-corrected chi connectivity index (χ0v) is 14.2. The van der Waals surface area contributed by atoms with Gasteiger partial charge in [-0.15, -0.1) is 22.7 Å². The first-order valence-corrected chi connectivity index (χ1v) is 9.99. The average Bonchev–Trinajstić information content (AvgIpc) is 3.18. The Labute approximate surface area is 136 Å². The van der Waals surface area contributed by atoms with E-state index in [-0.39, 0.29) is 5.75 Å². The van der Waals surface area contributed by atoms with Crippen molar-refractivity contribution in [2.75, 3.05) is 0 Å². The summed E-state index contributed by atoms with van der Waals surface area (Å²) >= 11 is 3.05. The Morgan fingerprint density at radius 3 is 2.82 bits per heavy atom. The predicted molar refractivity (Wildman–Crippen MR) is 88.5 cm³/mol. The Balaban J connectivity index is 1.80. The van der Waals surface area contributed by atoms with Crippen molar-refractivity contribution in [2.24, 2.45) is 0 Å². The average molecular weight is 351 g/mol. The van der Waals surface area contributed by atoms with Crippen molar-refractivity contribution in [3.63, 3.8) is 0 Å². The fourth-order valence-corrected chi connectivity index (χ4v) is 4.96. The lowest BCUT2D eigenvalue weighted by Crippen LogP contribution is -2.14.